The Morgan fingerprint density at radius 3 is 2.42 bits per heavy atom. The van der Waals surface area contributed by atoms with Crippen LogP contribution in [0.3, 0.4) is 0 Å². The highest BCUT2D eigenvalue weighted by Gasteiger charge is 2.18. The van der Waals surface area contributed by atoms with E-state index in [1.807, 2.05) is 0 Å². The highest BCUT2D eigenvalue weighted by atomic mass is 19.1. The molecule has 0 radical (unpaired) electrons. The van der Waals surface area contributed by atoms with Crippen LogP contribution < -0.4 is 4.74 Å². The van der Waals surface area contributed by atoms with Gasteiger partial charge in [0.1, 0.15) is 5.82 Å². The standard InChI is InChI=1S/C13H14F2O4/c1-18-12(17)5-3-4-11(16)9-6-8(14)7-10(15)13(9)19-2/h6-7H,3-5H2,1-2H3. The molecule has 0 atom stereocenters. The van der Waals surface area contributed by atoms with Gasteiger partial charge in [0.05, 0.1) is 19.8 Å². The molecule has 0 spiro atoms. The topological polar surface area (TPSA) is 52.6 Å². The molecule has 0 N–H and O–H groups in total. The lowest BCUT2D eigenvalue weighted by Gasteiger charge is -2.08. The number of Topliss-reactive ketones (excluding diaryl/α,β-unsaturated/α-hetero) is 1. The van der Waals surface area contributed by atoms with E-state index in [0.717, 1.165) is 6.07 Å². The zero-order valence-electron chi connectivity index (χ0n) is 10.7. The van der Waals surface area contributed by atoms with Crippen molar-refractivity contribution >= 4 is 11.8 Å². The molecule has 0 aliphatic heterocycles. The van der Waals surface area contributed by atoms with E-state index in [9.17, 15) is 18.4 Å². The number of hydrogen-bond donors (Lipinski definition) is 0. The van der Waals surface area contributed by atoms with E-state index in [1.165, 1.54) is 14.2 Å². The number of carbonyl (C=O) groups is 2. The van der Waals surface area contributed by atoms with E-state index < -0.39 is 23.4 Å². The van der Waals surface area contributed by atoms with Gasteiger partial charge in [-0.2, -0.15) is 0 Å². The van der Waals surface area contributed by atoms with Crippen LogP contribution in [0.2, 0.25) is 0 Å². The lowest BCUT2D eigenvalue weighted by molar-refractivity contribution is -0.140. The second kappa shape index (κ2) is 6.82. The lowest BCUT2D eigenvalue weighted by Crippen LogP contribution is -2.07. The van der Waals surface area contributed by atoms with Gasteiger partial charge in [0.2, 0.25) is 0 Å². The Bertz CT molecular complexity index is 486. The van der Waals surface area contributed by atoms with Crippen molar-refractivity contribution in [3.8, 4) is 5.75 Å². The van der Waals surface area contributed by atoms with Gasteiger partial charge in [0.15, 0.2) is 17.3 Å². The Hall–Kier alpha value is -1.98. The zero-order chi connectivity index (χ0) is 14.4. The summed E-state index contributed by atoms with van der Waals surface area (Å²) < 4.78 is 35.6. The van der Waals surface area contributed by atoms with E-state index in [-0.39, 0.29) is 30.6 Å². The monoisotopic (exact) mass is 272 g/mol. The van der Waals surface area contributed by atoms with Crippen LogP contribution in [0.1, 0.15) is 29.6 Å². The molecule has 0 saturated heterocycles. The first-order valence-electron chi connectivity index (χ1n) is 5.62. The van der Waals surface area contributed by atoms with Gasteiger partial charge < -0.3 is 9.47 Å². The SMILES string of the molecule is COC(=O)CCCC(=O)c1cc(F)cc(F)c1OC. The number of carbonyl (C=O) groups excluding carboxylic acids is 2. The van der Waals surface area contributed by atoms with Crippen molar-refractivity contribution < 1.29 is 27.8 Å². The number of esters is 1. The van der Waals surface area contributed by atoms with Crippen LogP contribution in [0.25, 0.3) is 0 Å². The van der Waals surface area contributed by atoms with Gasteiger partial charge in [-0.3, -0.25) is 9.59 Å². The fourth-order valence-corrected chi connectivity index (χ4v) is 1.60. The van der Waals surface area contributed by atoms with E-state index in [0.29, 0.717) is 6.07 Å². The first-order valence-corrected chi connectivity index (χ1v) is 5.62. The Morgan fingerprint density at radius 2 is 1.84 bits per heavy atom. The predicted molar refractivity (Wildman–Crippen MR) is 63.1 cm³/mol. The van der Waals surface area contributed by atoms with Crippen molar-refractivity contribution in [2.24, 2.45) is 0 Å². The molecule has 0 bridgehead atoms. The number of halogens is 2. The third-order valence-electron chi connectivity index (χ3n) is 2.53. The minimum absolute atomic E-state index is 0.0195. The second-order valence-electron chi connectivity index (χ2n) is 3.82. The molecule has 0 unspecified atom stereocenters. The van der Waals surface area contributed by atoms with Crippen molar-refractivity contribution in [2.75, 3.05) is 14.2 Å². The molecule has 1 rings (SSSR count). The van der Waals surface area contributed by atoms with Gasteiger partial charge in [-0.05, 0) is 12.5 Å². The van der Waals surface area contributed by atoms with Crippen LogP contribution in [0.4, 0.5) is 8.78 Å². The molecule has 0 heterocycles. The second-order valence-corrected chi connectivity index (χ2v) is 3.82. The highest BCUT2D eigenvalue weighted by Crippen LogP contribution is 2.25. The van der Waals surface area contributed by atoms with Crippen molar-refractivity contribution in [3.63, 3.8) is 0 Å². The molecule has 6 heteroatoms. The van der Waals surface area contributed by atoms with E-state index in [4.69, 9.17) is 4.74 Å². The van der Waals surface area contributed by atoms with Gasteiger partial charge >= 0.3 is 5.97 Å². The number of hydrogen-bond acceptors (Lipinski definition) is 4. The van der Waals surface area contributed by atoms with E-state index in [2.05, 4.69) is 4.74 Å². The largest absolute Gasteiger partial charge is 0.493 e. The molecular formula is C13H14F2O4. The van der Waals surface area contributed by atoms with Crippen LogP contribution in [0.15, 0.2) is 12.1 Å². The Labute approximate surface area is 109 Å². The van der Waals surface area contributed by atoms with Crippen LogP contribution in [-0.2, 0) is 9.53 Å². The number of benzene rings is 1. The fourth-order valence-electron chi connectivity index (χ4n) is 1.60. The quantitative estimate of drug-likeness (QED) is 0.589. The fraction of sp³-hybridized carbons (Fsp3) is 0.385. The molecule has 1 aromatic carbocycles. The maximum atomic E-state index is 13.4. The molecule has 19 heavy (non-hydrogen) atoms. The third kappa shape index (κ3) is 4.01. The number of ketones is 1. The molecule has 0 saturated carbocycles. The minimum atomic E-state index is -0.932. The summed E-state index contributed by atoms with van der Waals surface area (Å²) in [6.45, 7) is 0. The van der Waals surface area contributed by atoms with Gasteiger partial charge in [0, 0.05) is 18.9 Å². The average molecular weight is 272 g/mol. The summed E-state index contributed by atoms with van der Waals surface area (Å²) in [7, 11) is 2.44. The summed E-state index contributed by atoms with van der Waals surface area (Å²) >= 11 is 0. The smallest absolute Gasteiger partial charge is 0.305 e. The molecule has 104 valence electrons. The molecule has 0 fully saturated rings. The summed E-state index contributed by atoms with van der Waals surface area (Å²) in [4.78, 5) is 22.7. The van der Waals surface area contributed by atoms with Crippen LogP contribution in [-0.4, -0.2) is 26.0 Å². The highest BCUT2D eigenvalue weighted by molar-refractivity contribution is 5.98. The molecular weight excluding hydrogens is 258 g/mol. The number of methoxy groups -OCH3 is 2. The Kier molecular flexibility index (Phi) is 5.41. The summed E-state index contributed by atoms with van der Waals surface area (Å²) in [5, 5.41) is 0. The van der Waals surface area contributed by atoms with E-state index >= 15 is 0 Å². The van der Waals surface area contributed by atoms with Gasteiger partial charge in [-0.15, -0.1) is 0 Å². The maximum absolute atomic E-state index is 13.4. The minimum Gasteiger partial charge on any atom is -0.493 e. The molecule has 4 nitrogen and oxygen atoms in total. The molecule has 0 aliphatic carbocycles. The van der Waals surface area contributed by atoms with Crippen LogP contribution in [0.5, 0.6) is 5.75 Å². The summed E-state index contributed by atoms with van der Waals surface area (Å²) in [5.41, 5.74) is -0.162. The van der Waals surface area contributed by atoms with Gasteiger partial charge in [-0.1, -0.05) is 0 Å². The lowest BCUT2D eigenvalue weighted by atomic mass is 10.0. The van der Waals surface area contributed by atoms with Crippen molar-refractivity contribution in [1.29, 1.82) is 0 Å². The summed E-state index contributed by atoms with van der Waals surface area (Å²) in [6.07, 6.45) is 0.295. The maximum Gasteiger partial charge on any atom is 0.305 e. The molecule has 1 aromatic rings. The average Bonchev–Trinajstić information content (AvgIpc) is 2.37. The molecule has 0 aromatic heterocycles. The van der Waals surface area contributed by atoms with Crippen molar-refractivity contribution in [2.45, 2.75) is 19.3 Å². The Morgan fingerprint density at radius 1 is 1.16 bits per heavy atom. The van der Waals surface area contributed by atoms with Crippen molar-refractivity contribution in [1.82, 2.24) is 0 Å². The molecule has 0 amide bonds. The van der Waals surface area contributed by atoms with Gasteiger partial charge in [-0.25, -0.2) is 8.78 Å². The summed E-state index contributed by atoms with van der Waals surface area (Å²) in [6, 6.07) is 1.56. The van der Waals surface area contributed by atoms with Gasteiger partial charge in [0.25, 0.3) is 0 Å². The number of ether oxygens (including phenoxy) is 2. The first kappa shape index (κ1) is 15.1. The third-order valence-corrected chi connectivity index (χ3v) is 2.53. The van der Waals surface area contributed by atoms with Crippen LogP contribution >= 0.6 is 0 Å². The summed E-state index contributed by atoms with van der Waals surface area (Å²) in [5.74, 6) is -3.00. The van der Waals surface area contributed by atoms with Crippen LogP contribution in [0, 0.1) is 11.6 Å². The Balaban J connectivity index is 2.79. The van der Waals surface area contributed by atoms with Crippen molar-refractivity contribution in [3.05, 3.63) is 29.3 Å². The zero-order valence-corrected chi connectivity index (χ0v) is 10.7. The normalized spacial score (nSPS) is 10.1. The predicted octanol–water partition coefficient (Wildman–Crippen LogP) is 2.50. The number of rotatable bonds is 6. The van der Waals surface area contributed by atoms with E-state index in [1.54, 1.807) is 0 Å². The molecule has 0 aliphatic rings. The first-order chi connectivity index (χ1) is 8.99.